The van der Waals surface area contributed by atoms with Crippen LogP contribution in [0.2, 0.25) is 0 Å². The largest absolute Gasteiger partial charge is 0.508 e. The van der Waals surface area contributed by atoms with Crippen LogP contribution in [-0.2, 0) is 6.54 Å². The van der Waals surface area contributed by atoms with Crippen LogP contribution in [0, 0.1) is 0 Å². The van der Waals surface area contributed by atoms with Crippen molar-refractivity contribution >= 4 is 17.3 Å². The van der Waals surface area contributed by atoms with Crippen LogP contribution in [0.3, 0.4) is 0 Å². The minimum atomic E-state index is -0.270. The van der Waals surface area contributed by atoms with E-state index in [1.54, 1.807) is 30.3 Å². The number of rotatable bonds is 9. The molecule has 0 bridgehead atoms. The highest BCUT2D eigenvalue weighted by Gasteiger charge is 2.21. The van der Waals surface area contributed by atoms with Gasteiger partial charge in [-0.05, 0) is 55.8 Å². The van der Waals surface area contributed by atoms with E-state index >= 15 is 0 Å². The first kappa shape index (κ1) is 21.0. The van der Waals surface area contributed by atoms with Gasteiger partial charge in [0.15, 0.2) is 5.75 Å². The van der Waals surface area contributed by atoms with Crippen molar-refractivity contribution in [3.63, 3.8) is 0 Å². The molecule has 0 radical (unpaired) electrons. The topological polar surface area (TPSA) is 79.8 Å². The standard InChI is InChI=1S/C24H26N2O4/c1-3-29-21-14-13-20(24(28)26-18-10-6-5-7-11-18)23(30-4-2)22(21)25-16-17-9-8-12-19(27)15-17/h5-15,25,27H,3-4,16H2,1-2H3,(H,26,28). The molecule has 0 aliphatic rings. The van der Waals surface area contributed by atoms with Crippen LogP contribution in [0.5, 0.6) is 17.2 Å². The van der Waals surface area contributed by atoms with Crippen LogP contribution in [0.25, 0.3) is 0 Å². The zero-order valence-corrected chi connectivity index (χ0v) is 17.1. The van der Waals surface area contributed by atoms with Gasteiger partial charge in [-0.2, -0.15) is 0 Å². The lowest BCUT2D eigenvalue weighted by molar-refractivity contribution is 0.102. The van der Waals surface area contributed by atoms with Crippen LogP contribution >= 0.6 is 0 Å². The summed E-state index contributed by atoms with van der Waals surface area (Å²) in [5.74, 6) is 0.947. The van der Waals surface area contributed by atoms with Crippen molar-refractivity contribution in [1.29, 1.82) is 0 Å². The number of phenolic OH excluding ortho intramolecular Hbond substituents is 1. The molecule has 30 heavy (non-hydrogen) atoms. The number of aromatic hydroxyl groups is 1. The lowest BCUT2D eigenvalue weighted by Gasteiger charge is -2.20. The molecule has 0 saturated heterocycles. The second-order valence-corrected chi connectivity index (χ2v) is 6.53. The summed E-state index contributed by atoms with van der Waals surface area (Å²) in [4.78, 5) is 13.0. The Balaban J connectivity index is 1.94. The first-order valence-corrected chi connectivity index (χ1v) is 9.93. The highest BCUT2D eigenvalue weighted by molar-refractivity contribution is 6.07. The highest BCUT2D eigenvalue weighted by atomic mass is 16.5. The van der Waals surface area contributed by atoms with Crippen molar-refractivity contribution in [3.8, 4) is 17.2 Å². The van der Waals surface area contributed by atoms with E-state index in [0.717, 1.165) is 5.56 Å². The molecule has 0 spiro atoms. The van der Waals surface area contributed by atoms with Gasteiger partial charge < -0.3 is 25.2 Å². The number of benzene rings is 3. The van der Waals surface area contributed by atoms with Crippen molar-refractivity contribution in [2.45, 2.75) is 20.4 Å². The van der Waals surface area contributed by atoms with Gasteiger partial charge in [0.2, 0.25) is 0 Å². The molecule has 3 aromatic rings. The predicted octanol–water partition coefficient (Wildman–Crippen LogP) is 5.05. The van der Waals surface area contributed by atoms with Crippen LogP contribution in [-0.4, -0.2) is 24.2 Å². The molecule has 0 saturated carbocycles. The molecule has 0 aliphatic heterocycles. The maximum Gasteiger partial charge on any atom is 0.259 e. The fourth-order valence-electron chi connectivity index (χ4n) is 3.06. The fraction of sp³-hybridized carbons (Fsp3) is 0.208. The van der Waals surface area contributed by atoms with Gasteiger partial charge in [0.05, 0.1) is 18.8 Å². The zero-order valence-electron chi connectivity index (χ0n) is 17.1. The normalized spacial score (nSPS) is 10.3. The number of amides is 1. The molecule has 3 rings (SSSR count). The van der Waals surface area contributed by atoms with E-state index in [9.17, 15) is 9.90 Å². The van der Waals surface area contributed by atoms with Gasteiger partial charge >= 0.3 is 0 Å². The summed E-state index contributed by atoms with van der Waals surface area (Å²) in [7, 11) is 0. The quantitative estimate of drug-likeness (QED) is 0.463. The van der Waals surface area contributed by atoms with E-state index in [1.165, 1.54) is 0 Å². The average Bonchev–Trinajstić information content (AvgIpc) is 2.74. The molecule has 3 aromatic carbocycles. The Hall–Kier alpha value is -3.67. The first-order chi connectivity index (χ1) is 14.6. The SMILES string of the molecule is CCOc1ccc(C(=O)Nc2ccccc2)c(OCC)c1NCc1cccc(O)c1. The summed E-state index contributed by atoms with van der Waals surface area (Å²) in [5, 5.41) is 15.9. The van der Waals surface area contributed by atoms with Crippen LogP contribution in [0.4, 0.5) is 11.4 Å². The molecule has 0 unspecified atom stereocenters. The summed E-state index contributed by atoms with van der Waals surface area (Å²) in [6, 6.07) is 19.7. The Labute approximate surface area is 176 Å². The van der Waals surface area contributed by atoms with Crippen molar-refractivity contribution in [3.05, 3.63) is 77.9 Å². The number of hydrogen-bond donors (Lipinski definition) is 3. The van der Waals surface area contributed by atoms with Gasteiger partial charge in [0, 0.05) is 12.2 Å². The molecule has 6 nitrogen and oxygen atoms in total. The summed E-state index contributed by atoms with van der Waals surface area (Å²) in [6.45, 7) is 5.06. The lowest BCUT2D eigenvalue weighted by Crippen LogP contribution is -2.15. The van der Waals surface area contributed by atoms with Gasteiger partial charge in [-0.3, -0.25) is 4.79 Å². The average molecular weight is 406 g/mol. The first-order valence-electron chi connectivity index (χ1n) is 9.93. The Morgan fingerprint density at radius 2 is 1.70 bits per heavy atom. The van der Waals surface area contributed by atoms with Gasteiger partial charge in [-0.15, -0.1) is 0 Å². The number of anilines is 2. The van der Waals surface area contributed by atoms with Crippen LogP contribution in [0.1, 0.15) is 29.8 Å². The van der Waals surface area contributed by atoms with Crippen LogP contribution in [0.15, 0.2) is 66.7 Å². The van der Waals surface area contributed by atoms with E-state index in [-0.39, 0.29) is 11.7 Å². The monoisotopic (exact) mass is 406 g/mol. The minimum Gasteiger partial charge on any atom is -0.508 e. The molecular weight excluding hydrogens is 380 g/mol. The zero-order chi connectivity index (χ0) is 21.3. The van der Waals surface area contributed by atoms with Crippen molar-refractivity contribution in [2.75, 3.05) is 23.8 Å². The molecule has 6 heteroatoms. The third-order valence-corrected chi connectivity index (χ3v) is 4.36. The maximum atomic E-state index is 13.0. The predicted molar refractivity (Wildman–Crippen MR) is 119 cm³/mol. The van der Waals surface area contributed by atoms with Crippen molar-refractivity contribution in [1.82, 2.24) is 0 Å². The molecule has 0 heterocycles. The number of ether oxygens (including phenoxy) is 2. The van der Waals surface area contributed by atoms with E-state index in [2.05, 4.69) is 10.6 Å². The molecule has 1 amide bonds. The van der Waals surface area contributed by atoms with Gasteiger partial charge in [-0.1, -0.05) is 30.3 Å². The second kappa shape index (κ2) is 10.2. The van der Waals surface area contributed by atoms with Crippen LogP contribution < -0.4 is 20.1 Å². The summed E-state index contributed by atoms with van der Waals surface area (Å²) >= 11 is 0. The Kier molecular flexibility index (Phi) is 7.16. The smallest absolute Gasteiger partial charge is 0.259 e. The minimum absolute atomic E-state index is 0.195. The summed E-state index contributed by atoms with van der Waals surface area (Å²) in [5.41, 5.74) is 2.59. The van der Waals surface area contributed by atoms with E-state index in [0.29, 0.717) is 48.2 Å². The third-order valence-electron chi connectivity index (χ3n) is 4.36. The number of carbonyl (C=O) groups is 1. The molecular formula is C24H26N2O4. The Morgan fingerprint density at radius 1 is 0.933 bits per heavy atom. The molecule has 0 fully saturated rings. The molecule has 0 aliphatic carbocycles. The number of carbonyl (C=O) groups excluding carboxylic acids is 1. The summed E-state index contributed by atoms with van der Waals surface area (Å²) < 4.78 is 11.6. The number of phenols is 1. The Bertz CT molecular complexity index is 990. The van der Waals surface area contributed by atoms with Gasteiger partial charge in [0.25, 0.3) is 5.91 Å². The molecule has 0 aromatic heterocycles. The second-order valence-electron chi connectivity index (χ2n) is 6.53. The van der Waals surface area contributed by atoms with E-state index in [1.807, 2.05) is 50.2 Å². The van der Waals surface area contributed by atoms with Gasteiger partial charge in [0.1, 0.15) is 17.2 Å². The molecule has 156 valence electrons. The molecule has 0 atom stereocenters. The van der Waals surface area contributed by atoms with Gasteiger partial charge in [-0.25, -0.2) is 0 Å². The molecule has 3 N–H and O–H groups in total. The number of nitrogens with one attached hydrogen (secondary N) is 2. The van der Waals surface area contributed by atoms with Crippen molar-refractivity contribution in [2.24, 2.45) is 0 Å². The number of hydrogen-bond acceptors (Lipinski definition) is 5. The lowest BCUT2D eigenvalue weighted by atomic mass is 10.1. The van der Waals surface area contributed by atoms with E-state index in [4.69, 9.17) is 9.47 Å². The number of para-hydroxylation sites is 1. The highest BCUT2D eigenvalue weighted by Crippen LogP contribution is 2.39. The fourth-order valence-corrected chi connectivity index (χ4v) is 3.06. The summed E-state index contributed by atoms with van der Waals surface area (Å²) in [6.07, 6.45) is 0. The maximum absolute atomic E-state index is 13.0. The van der Waals surface area contributed by atoms with Crippen molar-refractivity contribution < 1.29 is 19.4 Å². The Morgan fingerprint density at radius 3 is 2.40 bits per heavy atom. The van der Waals surface area contributed by atoms with E-state index < -0.39 is 0 Å². The third kappa shape index (κ3) is 5.23.